The van der Waals surface area contributed by atoms with Crippen LogP contribution in [0.15, 0.2) is 24.3 Å². The summed E-state index contributed by atoms with van der Waals surface area (Å²) in [6.45, 7) is 5.95. The molecule has 0 saturated carbocycles. The minimum Gasteiger partial charge on any atom is -0.348 e. The molecule has 0 bridgehead atoms. The van der Waals surface area contributed by atoms with Gasteiger partial charge in [0.2, 0.25) is 5.91 Å². The van der Waals surface area contributed by atoms with Crippen molar-refractivity contribution in [2.75, 3.05) is 17.2 Å². The van der Waals surface area contributed by atoms with Crippen molar-refractivity contribution in [2.45, 2.75) is 27.2 Å². The topological polar surface area (TPSA) is 87.3 Å². The van der Waals surface area contributed by atoms with Crippen LogP contribution in [0.4, 0.5) is 11.4 Å². The van der Waals surface area contributed by atoms with Gasteiger partial charge >= 0.3 is 11.8 Å². The molecule has 0 spiro atoms. The molecule has 0 unspecified atom stereocenters. The summed E-state index contributed by atoms with van der Waals surface area (Å²) in [6.07, 6.45) is 0.817. The molecular formula is C15H21N3O3. The Balaban J connectivity index is 2.54. The van der Waals surface area contributed by atoms with E-state index in [-0.39, 0.29) is 5.91 Å². The number of carbonyl (C=O) groups is 3. The lowest BCUT2D eigenvalue weighted by Gasteiger charge is -2.09. The van der Waals surface area contributed by atoms with E-state index < -0.39 is 11.8 Å². The third-order valence-corrected chi connectivity index (χ3v) is 2.65. The first-order valence-electron chi connectivity index (χ1n) is 6.85. The van der Waals surface area contributed by atoms with E-state index in [9.17, 15) is 14.4 Å². The van der Waals surface area contributed by atoms with Gasteiger partial charge in [-0.25, -0.2) is 0 Å². The predicted octanol–water partition coefficient (Wildman–Crippen LogP) is 1.75. The molecule has 114 valence electrons. The summed E-state index contributed by atoms with van der Waals surface area (Å²) in [7, 11) is 0. The quantitative estimate of drug-likeness (QED) is 0.722. The van der Waals surface area contributed by atoms with Crippen LogP contribution in [0, 0.1) is 5.92 Å². The Bertz CT molecular complexity index is 527. The third kappa shape index (κ3) is 6.56. The van der Waals surface area contributed by atoms with Crippen molar-refractivity contribution in [2.24, 2.45) is 5.92 Å². The second-order valence-corrected chi connectivity index (χ2v) is 5.15. The highest BCUT2D eigenvalue weighted by molar-refractivity contribution is 6.39. The van der Waals surface area contributed by atoms with Gasteiger partial charge in [0.25, 0.3) is 0 Å². The van der Waals surface area contributed by atoms with Crippen molar-refractivity contribution >= 4 is 29.1 Å². The van der Waals surface area contributed by atoms with Crippen molar-refractivity contribution < 1.29 is 14.4 Å². The van der Waals surface area contributed by atoms with Gasteiger partial charge in [0.1, 0.15) is 0 Å². The number of nitrogens with one attached hydrogen (secondary N) is 3. The molecule has 1 aromatic rings. The maximum Gasteiger partial charge on any atom is 0.313 e. The lowest BCUT2D eigenvalue weighted by Crippen LogP contribution is -2.36. The molecule has 0 heterocycles. The maximum atomic E-state index is 11.7. The van der Waals surface area contributed by atoms with Crippen molar-refractivity contribution in [1.29, 1.82) is 0 Å². The molecule has 6 nitrogen and oxygen atoms in total. The first-order chi connectivity index (χ1) is 9.88. The smallest absolute Gasteiger partial charge is 0.313 e. The van der Waals surface area contributed by atoms with Gasteiger partial charge in [-0.15, -0.1) is 0 Å². The van der Waals surface area contributed by atoms with Crippen LogP contribution >= 0.6 is 0 Å². The molecule has 0 aliphatic rings. The molecule has 0 atom stereocenters. The summed E-state index contributed by atoms with van der Waals surface area (Å²) < 4.78 is 0. The Morgan fingerprint density at radius 2 is 1.67 bits per heavy atom. The van der Waals surface area contributed by atoms with E-state index in [4.69, 9.17) is 0 Å². The molecule has 0 radical (unpaired) electrons. The number of anilines is 2. The molecule has 6 heteroatoms. The monoisotopic (exact) mass is 291 g/mol. The van der Waals surface area contributed by atoms with Crippen LogP contribution in [0.25, 0.3) is 0 Å². The van der Waals surface area contributed by atoms with Crippen LogP contribution in [-0.2, 0) is 14.4 Å². The average Bonchev–Trinajstić information content (AvgIpc) is 2.37. The van der Waals surface area contributed by atoms with Crippen LogP contribution in [-0.4, -0.2) is 24.3 Å². The highest BCUT2D eigenvalue weighted by Gasteiger charge is 2.13. The van der Waals surface area contributed by atoms with E-state index in [0.29, 0.717) is 23.8 Å². The molecule has 1 rings (SSSR count). The Hall–Kier alpha value is -2.37. The number of hydrogen-bond donors (Lipinski definition) is 3. The van der Waals surface area contributed by atoms with Crippen molar-refractivity contribution in [3.8, 4) is 0 Å². The zero-order valence-electron chi connectivity index (χ0n) is 12.5. The number of benzene rings is 1. The molecule has 1 aromatic carbocycles. The molecule has 3 N–H and O–H groups in total. The van der Waals surface area contributed by atoms with Gasteiger partial charge in [0, 0.05) is 24.8 Å². The average molecular weight is 291 g/mol. The number of carbonyl (C=O) groups excluding carboxylic acids is 3. The molecule has 0 aromatic heterocycles. The molecule has 0 aliphatic carbocycles. The second-order valence-electron chi connectivity index (χ2n) is 5.15. The summed E-state index contributed by atoms with van der Waals surface area (Å²) in [4.78, 5) is 34.3. The summed E-state index contributed by atoms with van der Waals surface area (Å²) in [5.74, 6) is -1.13. The van der Waals surface area contributed by atoms with Crippen LogP contribution < -0.4 is 16.0 Å². The third-order valence-electron chi connectivity index (χ3n) is 2.65. The standard InChI is InChI=1S/C15H21N3O3/c1-10(2)7-8-16-14(20)15(21)18-13-6-4-5-12(9-13)17-11(3)19/h4-6,9-10H,7-8H2,1-3H3,(H,16,20)(H,17,19)(H,18,21). The minimum absolute atomic E-state index is 0.204. The van der Waals surface area contributed by atoms with E-state index in [2.05, 4.69) is 16.0 Å². The van der Waals surface area contributed by atoms with E-state index in [1.54, 1.807) is 24.3 Å². The number of amides is 3. The van der Waals surface area contributed by atoms with E-state index in [1.807, 2.05) is 13.8 Å². The lowest BCUT2D eigenvalue weighted by atomic mass is 10.1. The van der Waals surface area contributed by atoms with Gasteiger partial charge in [0.15, 0.2) is 0 Å². The molecular weight excluding hydrogens is 270 g/mol. The van der Waals surface area contributed by atoms with Crippen LogP contribution in [0.1, 0.15) is 27.2 Å². The predicted molar refractivity (Wildman–Crippen MR) is 81.8 cm³/mol. The largest absolute Gasteiger partial charge is 0.348 e. The zero-order chi connectivity index (χ0) is 15.8. The summed E-state index contributed by atoms with van der Waals surface area (Å²) >= 11 is 0. The Labute approximate surface area is 124 Å². The van der Waals surface area contributed by atoms with Gasteiger partial charge in [-0.3, -0.25) is 14.4 Å². The molecule has 0 aliphatic heterocycles. The van der Waals surface area contributed by atoms with Gasteiger partial charge < -0.3 is 16.0 Å². The second kappa shape index (κ2) is 8.04. The molecule has 21 heavy (non-hydrogen) atoms. The number of rotatable bonds is 5. The molecule has 0 fully saturated rings. The fourth-order valence-electron chi connectivity index (χ4n) is 1.62. The van der Waals surface area contributed by atoms with Gasteiger partial charge in [0.05, 0.1) is 0 Å². The highest BCUT2D eigenvalue weighted by atomic mass is 16.2. The van der Waals surface area contributed by atoms with Crippen LogP contribution in [0.2, 0.25) is 0 Å². The SMILES string of the molecule is CC(=O)Nc1cccc(NC(=O)C(=O)NCCC(C)C)c1. The Morgan fingerprint density at radius 1 is 1.05 bits per heavy atom. The normalized spacial score (nSPS) is 10.1. The van der Waals surface area contributed by atoms with Crippen molar-refractivity contribution in [1.82, 2.24) is 5.32 Å². The van der Waals surface area contributed by atoms with Crippen LogP contribution in [0.3, 0.4) is 0 Å². The van der Waals surface area contributed by atoms with E-state index >= 15 is 0 Å². The van der Waals surface area contributed by atoms with Crippen molar-refractivity contribution in [3.05, 3.63) is 24.3 Å². The van der Waals surface area contributed by atoms with Crippen molar-refractivity contribution in [3.63, 3.8) is 0 Å². The first-order valence-corrected chi connectivity index (χ1v) is 6.85. The minimum atomic E-state index is -0.723. The van der Waals surface area contributed by atoms with E-state index in [1.165, 1.54) is 6.92 Å². The number of hydrogen-bond acceptors (Lipinski definition) is 3. The summed E-state index contributed by atoms with van der Waals surface area (Å²) in [6, 6.07) is 6.60. The zero-order valence-corrected chi connectivity index (χ0v) is 12.5. The van der Waals surface area contributed by atoms with Gasteiger partial charge in [-0.1, -0.05) is 19.9 Å². The molecule has 0 saturated heterocycles. The van der Waals surface area contributed by atoms with Gasteiger partial charge in [-0.05, 0) is 30.5 Å². The summed E-state index contributed by atoms with van der Waals surface area (Å²) in [5, 5.41) is 7.65. The molecule has 3 amide bonds. The Kier molecular flexibility index (Phi) is 6.39. The maximum absolute atomic E-state index is 11.7. The van der Waals surface area contributed by atoms with Crippen LogP contribution in [0.5, 0.6) is 0 Å². The summed E-state index contributed by atoms with van der Waals surface area (Å²) in [5.41, 5.74) is 1.01. The fourth-order valence-corrected chi connectivity index (χ4v) is 1.62. The van der Waals surface area contributed by atoms with E-state index in [0.717, 1.165) is 6.42 Å². The fraction of sp³-hybridized carbons (Fsp3) is 0.400. The van der Waals surface area contributed by atoms with Gasteiger partial charge in [-0.2, -0.15) is 0 Å². The highest BCUT2D eigenvalue weighted by Crippen LogP contribution is 2.14. The Morgan fingerprint density at radius 3 is 2.24 bits per heavy atom. The lowest BCUT2D eigenvalue weighted by molar-refractivity contribution is -0.136. The first kappa shape index (κ1) is 16.7.